The molecule has 0 aliphatic rings. The average molecular weight is 525 g/mol. The number of nitrogens with zero attached hydrogens (tertiary/aromatic N) is 1. The number of carboxylic acids is 1. The highest BCUT2D eigenvalue weighted by Gasteiger charge is 2.22. The summed E-state index contributed by atoms with van der Waals surface area (Å²) >= 11 is 6.33. The van der Waals surface area contributed by atoms with Crippen molar-refractivity contribution in [3.05, 3.63) is 113 Å². The van der Waals surface area contributed by atoms with E-state index in [0.29, 0.717) is 38.7 Å². The van der Waals surface area contributed by atoms with Gasteiger partial charge in [0.25, 0.3) is 5.91 Å². The molecular formula is C31H25ClN2O4. The van der Waals surface area contributed by atoms with E-state index in [1.165, 1.54) is 6.07 Å². The van der Waals surface area contributed by atoms with E-state index in [1.807, 2.05) is 54.6 Å². The van der Waals surface area contributed by atoms with Crippen molar-refractivity contribution in [1.29, 1.82) is 0 Å². The maximum Gasteiger partial charge on any atom is 0.336 e. The van der Waals surface area contributed by atoms with Crippen LogP contribution in [0.4, 0.5) is 0 Å². The molecule has 0 spiro atoms. The Hall–Kier alpha value is -4.42. The summed E-state index contributed by atoms with van der Waals surface area (Å²) in [7, 11) is 0. The van der Waals surface area contributed by atoms with Gasteiger partial charge in [-0.1, -0.05) is 73.5 Å². The van der Waals surface area contributed by atoms with Gasteiger partial charge in [0, 0.05) is 16.1 Å². The van der Waals surface area contributed by atoms with Crippen LogP contribution < -0.4 is 5.32 Å². The maximum atomic E-state index is 13.2. The number of rotatable bonds is 8. The first kappa shape index (κ1) is 25.2. The number of fused-ring (bicyclic) bond motifs is 1. The maximum absolute atomic E-state index is 13.2. The zero-order chi connectivity index (χ0) is 26.6. The lowest BCUT2D eigenvalue weighted by Gasteiger charge is -2.19. The second kappa shape index (κ2) is 10.9. The normalized spacial score (nSPS) is 11.8. The molecule has 4 aromatic carbocycles. The molecule has 190 valence electrons. The summed E-state index contributed by atoms with van der Waals surface area (Å²) < 4.78 is 5.96. The van der Waals surface area contributed by atoms with Gasteiger partial charge in [-0.05, 0) is 65.6 Å². The van der Waals surface area contributed by atoms with Crippen LogP contribution in [0, 0.1) is 0 Å². The van der Waals surface area contributed by atoms with Crippen LogP contribution in [0.25, 0.3) is 33.7 Å². The smallest absolute Gasteiger partial charge is 0.336 e. The van der Waals surface area contributed by atoms with Crippen LogP contribution in [0.15, 0.2) is 95.4 Å². The zero-order valence-electron chi connectivity index (χ0n) is 20.6. The van der Waals surface area contributed by atoms with Gasteiger partial charge < -0.3 is 14.8 Å². The predicted octanol–water partition coefficient (Wildman–Crippen LogP) is 7.78. The topological polar surface area (TPSA) is 92.4 Å². The molecule has 6 nitrogen and oxygen atoms in total. The van der Waals surface area contributed by atoms with Crippen molar-refractivity contribution in [2.75, 3.05) is 0 Å². The third-order valence-corrected chi connectivity index (χ3v) is 6.63. The third-order valence-electron chi connectivity index (χ3n) is 6.39. The van der Waals surface area contributed by atoms with E-state index in [0.717, 1.165) is 18.4 Å². The minimum atomic E-state index is -1.16. The predicted molar refractivity (Wildman–Crippen MR) is 148 cm³/mol. The first-order valence-corrected chi connectivity index (χ1v) is 12.7. The second-order valence-electron chi connectivity index (χ2n) is 8.97. The number of aromatic nitrogens is 1. The molecule has 0 saturated carbocycles. The fraction of sp³-hybridized carbons (Fsp3) is 0.129. The summed E-state index contributed by atoms with van der Waals surface area (Å²) in [5, 5.41) is 13.6. The van der Waals surface area contributed by atoms with Crippen molar-refractivity contribution >= 4 is 34.6 Å². The number of hydrogen-bond donors (Lipinski definition) is 2. The molecule has 2 N–H and O–H groups in total. The molecule has 0 saturated heterocycles. The number of aromatic carboxylic acids is 1. The van der Waals surface area contributed by atoms with Gasteiger partial charge in [0.2, 0.25) is 5.89 Å². The molecule has 38 heavy (non-hydrogen) atoms. The molecule has 0 aliphatic carbocycles. The lowest BCUT2D eigenvalue weighted by atomic mass is 9.93. The molecule has 1 aromatic heterocycles. The van der Waals surface area contributed by atoms with Crippen LogP contribution in [-0.4, -0.2) is 22.0 Å². The second-order valence-corrected chi connectivity index (χ2v) is 9.40. The lowest BCUT2D eigenvalue weighted by molar-refractivity contribution is 0.0697. The number of benzene rings is 4. The monoisotopic (exact) mass is 524 g/mol. The largest absolute Gasteiger partial charge is 0.478 e. The minimum Gasteiger partial charge on any atom is -0.478 e. The molecule has 1 atom stereocenters. The molecule has 0 radical (unpaired) electrons. The van der Waals surface area contributed by atoms with Gasteiger partial charge in [-0.15, -0.1) is 0 Å². The van der Waals surface area contributed by atoms with Crippen molar-refractivity contribution in [2.24, 2.45) is 0 Å². The summed E-state index contributed by atoms with van der Waals surface area (Å²) in [5.74, 6) is -1.15. The van der Waals surface area contributed by atoms with Crippen LogP contribution in [-0.2, 0) is 0 Å². The molecule has 5 rings (SSSR count). The van der Waals surface area contributed by atoms with Crippen molar-refractivity contribution in [1.82, 2.24) is 10.3 Å². The van der Waals surface area contributed by atoms with Crippen molar-refractivity contribution in [3.63, 3.8) is 0 Å². The molecular weight excluding hydrogens is 500 g/mol. The zero-order valence-corrected chi connectivity index (χ0v) is 21.4. The SMILES string of the molecule is CCC[C@@H](NC(=O)c1ccc(-c2cc(Cl)ccc2-c2nc3ccccc3o2)c(C(=O)O)c1)c1ccccc1. The highest BCUT2D eigenvalue weighted by atomic mass is 35.5. The Morgan fingerprint density at radius 2 is 1.66 bits per heavy atom. The van der Waals surface area contributed by atoms with Gasteiger partial charge >= 0.3 is 5.97 Å². The summed E-state index contributed by atoms with van der Waals surface area (Å²) in [5.41, 5.74) is 4.08. The molecule has 0 aliphatic heterocycles. The molecule has 1 heterocycles. The fourth-order valence-electron chi connectivity index (χ4n) is 4.55. The van der Waals surface area contributed by atoms with Gasteiger partial charge in [-0.3, -0.25) is 4.79 Å². The highest BCUT2D eigenvalue weighted by Crippen LogP contribution is 2.37. The van der Waals surface area contributed by atoms with E-state index in [2.05, 4.69) is 17.2 Å². The van der Waals surface area contributed by atoms with Crippen molar-refractivity contribution in [3.8, 4) is 22.6 Å². The number of hydrogen-bond acceptors (Lipinski definition) is 4. The number of carboxylic acid groups (broad SMARTS) is 1. The number of carbonyl (C=O) groups is 2. The number of halogens is 1. The van der Waals surface area contributed by atoms with E-state index in [-0.39, 0.29) is 23.1 Å². The summed E-state index contributed by atoms with van der Waals surface area (Å²) in [4.78, 5) is 30.2. The Labute approximate surface area is 224 Å². The van der Waals surface area contributed by atoms with Gasteiger partial charge in [-0.25, -0.2) is 9.78 Å². The Balaban J connectivity index is 1.54. The van der Waals surface area contributed by atoms with Crippen LogP contribution >= 0.6 is 11.6 Å². The lowest BCUT2D eigenvalue weighted by Crippen LogP contribution is -2.28. The quantitative estimate of drug-likeness (QED) is 0.216. The molecule has 5 aromatic rings. The van der Waals surface area contributed by atoms with Crippen molar-refractivity contribution < 1.29 is 19.1 Å². The standard InChI is InChI=1S/C31H25ClN2O4/c1-2-8-26(19-9-4-3-5-10-19)33-29(35)20-13-15-22(25(17-20)31(36)37)24-18-21(32)14-16-23(24)30-34-27-11-6-7-12-28(27)38-30/h3-7,9-18,26H,2,8H2,1H3,(H,33,35)(H,36,37)/t26-/m1/s1. The molecule has 0 fully saturated rings. The van der Waals surface area contributed by atoms with Gasteiger partial charge in [-0.2, -0.15) is 0 Å². The van der Waals surface area contributed by atoms with Gasteiger partial charge in [0.05, 0.1) is 11.6 Å². The summed E-state index contributed by atoms with van der Waals surface area (Å²) in [6, 6.07) is 26.7. The minimum absolute atomic E-state index is 0.0240. The number of para-hydroxylation sites is 2. The number of amides is 1. The van der Waals surface area contributed by atoms with E-state index in [1.54, 1.807) is 30.3 Å². The third kappa shape index (κ3) is 5.17. The fourth-order valence-corrected chi connectivity index (χ4v) is 4.72. The van der Waals surface area contributed by atoms with Gasteiger partial charge in [0.15, 0.2) is 5.58 Å². The number of nitrogens with one attached hydrogen (secondary N) is 1. The van der Waals surface area contributed by atoms with Crippen molar-refractivity contribution in [2.45, 2.75) is 25.8 Å². The Morgan fingerprint density at radius 3 is 2.39 bits per heavy atom. The number of carbonyl (C=O) groups excluding carboxylic acids is 1. The first-order chi connectivity index (χ1) is 18.4. The average Bonchev–Trinajstić information content (AvgIpc) is 3.37. The van der Waals surface area contributed by atoms with Crippen LogP contribution in [0.2, 0.25) is 5.02 Å². The molecule has 7 heteroatoms. The van der Waals surface area contributed by atoms with Crippen LogP contribution in [0.3, 0.4) is 0 Å². The Bertz CT molecular complexity index is 1600. The molecule has 1 amide bonds. The first-order valence-electron chi connectivity index (χ1n) is 12.3. The van der Waals surface area contributed by atoms with E-state index in [9.17, 15) is 14.7 Å². The highest BCUT2D eigenvalue weighted by molar-refractivity contribution is 6.31. The van der Waals surface area contributed by atoms with E-state index < -0.39 is 5.97 Å². The summed E-state index contributed by atoms with van der Waals surface area (Å²) in [6.07, 6.45) is 1.64. The van der Waals surface area contributed by atoms with E-state index >= 15 is 0 Å². The van der Waals surface area contributed by atoms with Crippen LogP contribution in [0.1, 0.15) is 52.1 Å². The Morgan fingerprint density at radius 1 is 0.921 bits per heavy atom. The number of oxazole rings is 1. The van der Waals surface area contributed by atoms with E-state index in [4.69, 9.17) is 16.0 Å². The van der Waals surface area contributed by atoms with Gasteiger partial charge in [0.1, 0.15) is 5.52 Å². The molecule has 0 unspecified atom stereocenters. The van der Waals surface area contributed by atoms with Crippen LogP contribution in [0.5, 0.6) is 0 Å². The Kier molecular flexibility index (Phi) is 7.24. The summed E-state index contributed by atoms with van der Waals surface area (Å²) in [6.45, 7) is 2.05. The molecule has 0 bridgehead atoms.